The fourth-order valence-electron chi connectivity index (χ4n) is 1.93. The van der Waals surface area contributed by atoms with Crippen molar-refractivity contribution >= 4 is 22.8 Å². The molecule has 12 heteroatoms. The molecular formula is C13H10F3N5O4. The highest BCUT2D eigenvalue weighted by Crippen LogP contribution is 2.41. The summed E-state index contributed by atoms with van der Waals surface area (Å²) in [6.45, 7) is 1.50. The van der Waals surface area contributed by atoms with Crippen LogP contribution in [0.25, 0.3) is 0 Å². The summed E-state index contributed by atoms with van der Waals surface area (Å²) in [6.07, 6.45) is -3.39. The van der Waals surface area contributed by atoms with Crippen molar-refractivity contribution in [3.05, 3.63) is 61.9 Å². The van der Waals surface area contributed by atoms with Gasteiger partial charge in [0.25, 0.3) is 0 Å². The number of nitrogens with zero attached hydrogens (tertiary/aromatic N) is 3. The van der Waals surface area contributed by atoms with E-state index in [1.807, 2.05) is 0 Å². The van der Waals surface area contributed by atoms with E-state index in [-0.39, 0.29) is 17.8 Å². The van der Waals surface area contributed by atoms with Gasteiger partial charge in [-0.15, -0.1) is 0 Å². The van der Waals surface area contributed by atoms with E-state index in [0.717, 1.165) is 0 Å². The summed E-state index contributed by atoms with van der Waals surface area (Å²) >= 11 is 0. The van der Waals surface area contributed by atoms with Gasteiger partial charge in [-0.1, -0.05) is 0 Å². The lowest BCUT2D eigenvalue weighted by Crippen LogP contribution is -2.10. The Kier molecular flexibility index (Phi) is 4.72. The first-order valence-corrected chi connectivity index (χ1v) is 6.59. The van der Waals surface area contributed by atoms with Crippen LogP contribution in [0.3, 0.4) is 0 Å². The summed E-state index contributed by atoms with van der Waals surface area (Å²) in [5.74, 6) is 0. The fraction of sp³-hybridized carbons (Fsp3) is 0.154. The SMILES string of the molecule is C/C(=N\Nc1c([N+](=O)[O-])cc(C(F)(F)F)cc1[N+](=O)[O-])c1ccc[nH]1. The molecule has 0 fully saturated rings. The number of aromatic amines is 1. The monoisotopic (exact) mass is 357 g/mol. The fourth-order valence-corrected chi connectivity index (χ4v) is 1.93. The number of aromatic nitrogens is 1. The number of hydrogen-bond acceptors (Lipinski definition) is 6. The van der Waals surface area contributed by atoms with Crippen molar-refractivity contribution in [3.63, 3.8) is 0 Å². The Morgan fingerprint density at radius 1 is 1.20 bits per heavy atom. The number of nitrogens with one attached hydrogen (secondary N) is 2. The van der Waals surface area contributed by atoms with E-state index in [1.165, 1.54) is 6.92 Å². The Bertz CT molecular complexity index is 811. The predicted molar refractivity (Wildman–Crippen MR) is 81.4 cm³/mol. The van der Waals surface area contributed by atoms with E-state index in [1.54, 1.807) is 18.3 Å². The average molecular weight is 357 g/mol. The molecule has 25 heavy (non-hydrogen) atoms. The van der Waals surface area contributed by atoms with Crippen molar-refractivity contribution in [1.82, 2.24) is 4.98 Å². The van der Waals surface area contributed by atoms with Crippen LogP contribution in [0.15, 0.2) is 35.6 Å². The maximum atomic E-state index is 12.8. The van der Waals surface area contributed by atoms with Gasteiger partial charge in [-0.25, -0.2) is 0 Å². The normalized spacial score (nSPS) is 12.1. The maximum Gasteiger partial charge on any atom is 0.416 e. The van der Waals surface area contributed by atoms with Crippen molar-refractivity contribution in [2.75, 3.05) is 5.43 Å². The summed E-state index contributed by atoms with van der Waals surface area (Å²) in [6, 6.07) is 3.71. The van der Waals surface area contributed by atoms with E-state index in [9.17, 15) is 33.4 Å². The molecule has 0 unspecified atom stereocenters. The predicted octanol–water partition coefficient (Wildman–Crippen LogP) is 3.69. The van der Waals surface area contributed by atoms with Gasteiger partial charge in [0, 0.05) is 18.3 Å². The Morgan fingerprint density at radius 2 is 1.76 bits per heavy atom. The summed E-state index contributed by atoms with van der Waals surface area (Å²) in [5.41, 5.74) is -1.52. The van der Waals surface area contributed by atoms with Gasteiger partial charge >= 0.3 is 17.6 Å². The molecule has 0 aliphatic carbocycles. The molecule has 1 aromatic carbocycles. The molecule has 0 bridgehead atoms. The van der Waals surface area contributed by atoms with Gasteiger partial charge in [0.05, 0.1) is 26.8 Å². The van der Waals surface area contributed by atoms with Gasteiger partial charge in [-0.2, -0.15) is 18.3 Å². The minimum atomic E-state index is -4.97. The van der Waals surface area contributed by atoms with Crippen molar-refractivity contribution in [2.45, 2.75) is 13.1 Å². The van der Waals surface area contributed by atoms with Crippen LogP contribution in [0, 0.1) is 20.2 Å². The van der Waals surface area contributed by atoms with Gasteiger partial charge in [0.15, 0.2) is 0 Å². The standard InChI is InChI=1S/C13H10F3N5O4/c1-7(9-3-2-4-17-9)18-19-12-10(20(22)23)5-8(13(14,15)16)6-11(12)21(24)25/h2-6,17,19H,1H3/b18-7+. The Hall–Kier alpha value is -3.44. The minimum Gasteiger partial charge on any atom is -0.360 e. The van der Waals surface area contributed by atoms with Crippen LogP contribution in [-0.2, 0) is 6.18 Å². The molecule has 0 atom stereocenters. The van der Waals surface area contributed by atoms with Crippen molar-refractivity contribution in [3.8, 4) is 0 Å². The maximum absolute atomic E-state index is 12.8. The van der Waals surface area contributed by atoms with Crippen molar-refractivity contribution < 1.29 is 23.0 Å². The number of anilines is 1. The topological polar surface area (TPSA) is 126 Å². The number of H-pyrrole nitrogens is 1. The Labute approximate surface area is 137 Å². The molecular weight excluding hydrogens is 347 g/mol. The molecule has 9 nitrogen and oxygen atoms in total. The minimum absolute atomic E-state index is 0.217. The lowest BCUT2D eigenvalue weighted by Gasteiger charge is -2.09. The van der Waals surface area contributed by atoms with Crippen LogP contribution in [0.1, 0.15) is 18.2 Å². The molecule has 0 radical (unpaired) electrons. The third-order valence-electron chi connectivity index (χ3n) is 3.14. The summed E-state index contributed by atoms with van der Waals surface area (Å²) in [4.78, 5) is 22.6. The highest BCUT2D eigenvalue weighted by atomic mass is 19.4. The van der Waals surface area contributed by atoms with Crippen molar-refractivity contribution in [2.24, 2.45) is 5.10 Å². The molecule has 2 N–H and O–H groups in total. The zero-order valence-corrected chi connectivity index (χ0v) is 12.5. The number of halogens is 3. The second-order valence-electron chi connectivity index (χ2n) is 4.79. The van der Waals surface area contributed by atoms with Crippen molar-refractivity contribution in [1.29, 1.82) is 0 Å². The Morgan fingerprint density at radius 3 is 2.16 bits per heavy atom. The molecule has 132 valence electrons. The largest absolute Gasteiger partial charge is 0.416 e. The quantitative estimate of drug-likeness (QED) is 0.479. The molecule has 0 aliphatic heterocycles. The highest BCUT2D eigenvalue weighted by molar-refractivity contribution is 5.97. The molecule has 1 aromatic heterocycles. The lowest BCUT2D eigenvalue weighted by atomic mass is 10.1. The van der Waals surface area contributed by atoms with E-state index in [2.05, 4.69) is 15.5 Å². The molecule has 0 spiro atoms. The van der Waals surface area contributed by atoms with Crippen LogP contribution in [0.4, 0.5) is 30.2 Å². The molecule has 2 aromatic rings. The second-order valence-corrected chi connectivity index (χ2v) is 4.79. The van der Waals surface area contributed by atoms with E-state index in [4.69, 9.17) is 0 Å². The second kappa shape index (κ2) is 6.59. The number of rotatable bonds is 5. The number of alkyl halides is 3. The Balaban J connectivity index is 2.57. The summed E-state index contributed by atoms with van der Waals surface area (Å²) in [7, 11) is 0. The van der Waals surface area contributed by atoms with Gasteiger partial charge < -0.3 is 4.98 Å². The van der Waals surface area contributed by atoms with Crippen LogP contribution in [0.5, 0.6) is 0 Å². The molecule has 1 heterocycles. The van der Waals surface area contributed by atoms with Gasteiger partial charge in [-0.3, -0.25) is 25.7 Å². The summed E-state index contributed by atoms with van der Waals surface area (Å²) < 4.78 is 38.4. The smallest absolute Gasteiger partial charge is 0.360 e. The van der Waals surface area contributed by atoms with Crippen LogP contribution >= 0.6 is 0 Å². The van der Waals surface area contributed by atoms with Gasteiger partial charge in [0.2, 0.25) is 5.69 Å². The first-order chi connectivity index (χ1) is 11.6. The van der Waals surface area contributed by atoms with E-state index in [0.29, 0.717) is 5.69 Å². The van der Waals surface area contributed by atoms with Crippen LogP contribution in [0.2, 0.25) is 0 Å². The molecule has 0 saturated carbocycles. The van der Waals surface area contributed by atoms with Crippen LogP contribution < -0.4 is 5.43 Å². The average Bonchev–Trinajstić information content (AvgIpc) is 3.05. The zero-order chi connectivity index (χ0) is 18.8. The number of nitro groups is 2. The van der Waals surface area contributed by atoms with Gasteiger partial charge in [-0.05, 0) is 19.1 Å². The number of benzene rings is 1. The number of hydrogen-bond donors (Lipinski definition) is 2. The number of nitro benzene ring substituents is 2. The lowest BCUT2D eigenvalue weighted by molar-refractivity contribution is -0.392. The van der Waals surface area contributed by atoms with E-state index < -0.39 is 38.6 Å². The number of hydrazone groups is 1. The third-order valence-corrected chi connectivity index (χ3v) is 3.14. The van der Waals surface area contributed by atoms with Crippen LogP contribution in [-0.4, -0.2) is 20.5 Å². The first-order valence-electron chi connectivity index (χ1n) is 6.59. The third kappa shape index (κ3) is 3.91. The van der Waals surface area contributed by atoms with E-state index >= 15 is 0 Å². The zero-order valence-electron chi connectivity index (χ0n) is 12.5. The summed E-state index contributed by atoms with van der Waals surface area (Å²) in [5, 5.41) is 25.9. The first kappa shape index (κ1) is 17.9. The highest BCUT2D eigenvalue weighted by Gasteiger charge is 2.37. The molecule has 2 rings (SSSR count). The van der Waals surface area contributed by atoms with Gasteiger partial charge in [0.1, 0.15) is 0 Å². The molecule has 0 aliphatic rings. The molecule has 0 amide bonds. The molecule has 0 saturated heterocycles.